The lowest BCUT2D eigenvalue weighted by molar-refractivity contribution is -0.111. The van der Waals surface area contributed by atoms with Crippen LogP contribution >= 0.6 is 0 Å². The number of rotatable bonds is 4. The van der Waals surface area contributed by atoms with E-state index in [0.29, 0.717) is 12.0 Å². The van der Waals surface area contributed by atoms with Crippen LogP contribution in [0.3, 0.4) is 0 Å². The lowest BCUT2D eigenvalue weighted by Gasteiger charge is -2.53. The van der Waals surface area contributed by atoms with Gasteiger partial charge in [-0.3, -0.25) is 0 Å². The molecular formula is C17H25NO. The highest BCUT2D eigenvalue weighted by atomic mass is 16.5. The van der Waals surface area contributed by atoms with Crippen LogP contribution in [0.2, 0.25) is 0 Å². The molecular weight excluding hydrogens is 234 g/mol. The van der Waals surface area contributed by atoms with Gasteiger partial charge >= 0.3 is 0 Å². The van der Waals surface area contributed by atoms with Gasteiger partial charge in [0.2, 0.25) is 0 Å². The van der Waals surface area contributed by atoms with E-state index < -0.39 is 0 Å². The Morgan fingerprint density at radius 3 is 2.32 bits per heavy atom. The third kappa shape index (κ3) is 2.11. The van der Waals surface area contributed by atoms with Gasteiger partial charge < -0.3 is 10.5 Å². The van der Waals surface area contributed by atoms with E-state index in [-0.39, 0.29) is 5.41 Å². The second-order valence-electron chi connectivity index (χ2n) is 6.51. The summed E-state index contributed by atoms with van der Waals surface area (Å²) in [5.74, 6) is 1.38. The van der Waals surface area contributed by atoms with E-state index in [1.807, 2.05) is 0 Å². The summed E-state index contributed by atoms with van der Waals surface area (Å²) < 4.78 is 5.54. The summed E-state index contributed by atoms with van der Waals surface area (Å²) >= 11 is 0. The molecule has 0 amide bonds. The predicted molar refractivity (Wildman–Crippen MR) is 78.3 cm³/mol. The molecule has 2 N–H and O–H groups in total. The van der Waals surface area contributed by atoms with Crippen LogP contribution in [0.25, 0.3) is 0 Å². The highest BCUT2D eigenvalue weighted by Gasteiger charge is 2.51. The molecule has 0 bridgehead atoms. The van der Waals surface area contributed by atoms with Crippen molar-refractivity contribution in [2.24, 2.45) is 11.7 Å². The molecule has 1 heterocycles. The lowest BCUT2D eigenvalue weighted by Crippen LogP contribution is -2.58. The van der Waals surface area contributed by atoms with Crippen molar-refractivity contribution in [3.05, 3.63) is 35.4 Å². The molecule has 19 heavy (non-hydrogen) atoms. The number of nitrogens with two attached hydrogens (primary N) is 1. The molecule has 104 valence electrons. The first-order chi connectivity index (χ1) is 9.15. The van der Waals surface area contributed by atoms with Gasteiger partial charge in [-0.1, -0.05) is 38.1 Å². The Kier molecular flexibility index (Phi) is 3.40. The van der Waals surface area contributed by atoms with Gasteiger partial charge in [-0.05, 0) is 42.2 Å². The molecule has 1 aromatic rings. The molecule has 0 aromatic heterocycles. The summed E-state index contributed by atoms with van der Waals surface area (Å²) in [6.07, 6.45) is 3.53. The van der Waals surface area contributed by atoms with Crippen LogP contribution in [-0.4, -0.2) is 19.3 Å². The summed E-state index contributed by atoms with van der Waals surface area (Å²) in [5.41, 5.74) is 9.14. The Morgan fingerprint density at radius 1 is 1.26 bits per heavy atom. The minimum Gasteiger partial charge on any atom is -0.379 e. The van der Waals surface area contributed by atoms with Gasteiger partial charge in [0, 0.05) is 11.5 Å². The van der Waals surface area contributed by atoms with Crippen molar-refractivity contribution in [1.82, 2.24) is 0 Å². The maximum absolute atomic E-state index is 5.96. The second kappa shape index (κ2) is 4.92. The third-order valence-electron chi connectivity index (χ3n) is 5.34. The fourth-order valence-corrected chi connectivity index (χ4v) is 3.45. The van der Waals surface area contributed by atoms with Gasteiger partial charge in [-0.15, -0.1) is 0 Å². The van der Waals surface area contributed by atoms with E-state index in [0.717, 1.165) is 32.0 Å². The van der Waals surface area contributed by atoms with Crippen LogP contribution in [0.4, 0.5) is 0 Å². The van der Waals surface area contributed by atoms with E-state index in [1.165, 1.54) is 17.5 Å². The zero-order chi connectivity index (χ0) is 13.5. The Morgan fingerprint density at radius 2 is 1.89 bits per heavy atom. The predicted octanol–water partition coefficient (Wildman–Crippen LogP) is 3.21. The van der Waals surface area contributed by atoms with Crippen LogP contribution in [0, 0.1) is 5.92 Å². The molecule has 2 fully saturated rings. The molecule has 1 aromatic carbocycles. The van der Waals surface area contributed by atoms with Gasteiger partial charge in [-0.25, -0.2) is 0 Å². The van der Waals surface area contributed by atoms with Crippen LogP contribution in [0.5, 0.6) is 0 Å². The standard InChI is InChI=1S/C17H25NO/c1-3-12(2)13-4-6-14(7-5-13)17(10-19-11-17)15-8-16(18)9-15/h4-7,12,15-16H,3,8-11,18H2,1-2H3. The smallest absolute Gasteiger partial charge is 0.0588 e. The molecule has 0 spiro atoms. The largest absolute Gasteiger partial charge is 0.379 e. The van der Waals surface area contributed by atoms with E-state index in [2.05, 4.69) is 38.1 Å². The van der Waals surface area contributed by atoms with Gasteiger partial charge in [0.25, 0.3) is 0 Å². The second-order valence-corrected chi connectivity index (χ2v) is 6.51. The summed E-state index contributed by atoms with van der Waals surface area (Å²) in [7, 11) is 0. The van der Waals surface area contributed by atoms with E-state index in [9.17, 15) is 0 Å². The molecule has 3 rings (SSSR count). The van der Waals surface area contributed by atoms with Crippen molar-refractivity contribution < 1.29 is 4.74 Å². The average Bonchev–Trinajstić information content (AvgIpc) is 2.35. The molecule has 1 atom stereocenters. The first kappa shape index (κ1) is 13.1. The first-order valence-electron chi connectivity index (χ1n) is 7.59. The van der Waals surface area contributed by atoms with Crippen molar-refractivity contribution in [3.63, 3.8) is 0 Å². The Balaban J connectivity index is 1.80. The quantitative estimate of drug-likeness (QED) is 0.901. The summed E-state index contributed by atoms with van der Waals surface area (Å²) in [5, 5.41) is 0. The van der Waals surface area contributed by atoms with Gasteiger partial charge in [0.05, 0.1) is 13.2 Å². The first-order valence-corrected chi connectivity index (χ1v) is 7.59. The topological polar surface area (TPSA) is 35.2 Å². The number of hydrogen-bond acceptors (Lipinski definition) is 2. The molecule has 2 heteroatoms. The van der Waals surface area contributed by atoms with E-state index in [4.69, 9.17) is 10.5 Å². The maximum Gasteiger partial charge on any atom is 0.0588 e. The van der Waals surface area contributed by atoms with Crippen LogP contribution < -0.4 is 5.73 Å². The summed E-state index contributed by atoms with van der Waals surface area (Å²) in [6, 6.07) is 9.69. The number of hydrogen-bond donors (Lipinski definition) is 1. The van der Waals surface area contributed by atoms with Crippen LogP contribution in [0.1, 0.15) is 50.2 Å². The van der Waals surface area contributed by atoms with Crippen molar-refractivity contribution >= 4 is 0 Å². The molecule has 1 saturated carbocycles. The Hall–Kier alpha value is -0.860. The van der Waals surface area contributed by atoms with Crippen molar-refractivity contribution in [3.8, 4) is 0 Å². The van der Waals surface area contributed by atoms with E-state index >= 15 is 0 Å². The zero-order valence-electron chi connectivity index (χ0n) is 12.1. The van der Waals surface area contributed by atoms with Crippen molar-refractivity contribution in [2.45, 2.75) is 50.5 Å². The van der Waals surface area contributed by atoms with Crippen LogP contribution in [-0.2, 0) is 10.2 Å². The molecule has 2 nitrogen and oxygen atoms in total. The fraction of sp³-hybridized carbons (Fsp3) is 0.647. The third-order valence-corrected chi connectivity index (χ3v) is 5.34. The fourth-order valence-electron chi connectivity index (χ4n) is 3.45. The SMILES string of the molecule is CCC(C)c1ccc(C2(C3CC(N)C3)COC2)cc1. The lowest BCUT2D eigenvalue weighted by atomic mass is 9.59. The van der Waals surface area contributed by atoms with E-state index in [1.54, 1.807) is 0 Å². The molecule has 1 aliphatic heterocycles. The van der Waals surface area contributed by atoms with Crippen molar-refractivity contribution in [1.29, 1.82) is 0 Å². The highest BCUT2D eigenvalue weighted by Crippen LogP contribution is 2.48. The van der Waals surface area contributed by atoms with Gasteiger partial charge in [0.1, 0.15) is 0 Å². The van der Waals surface area contributed by atoms with Gasteiger partial charge in [0.15, 0.2) is 0 Å². The minimum absolute atomic E-state index is 0.268. The molecule has 1 aliphatic carbocycles. The zero-order valence-corrected chi connectivity index (χ0v) is 12.1. The summed E-state index contributed by atoms with van der Waals surface area (Å²) in [6.45, 7) is 6.30. The molecule has 0 radical (unpaired) electrons. The monoisotopic (exact) mass is 259 g/mol. The number of benzene rings is 1. The van der Waals surface area contributed by atoms with Gasteiger partial charge in [-0.2, -0.15) is 0 Å². The Labute approximate surface area is 116 Å². The highest BCUT2D eigenvalue weighted by molar-refractivity contribution is 5.34. The van der Waals surface area contributed by atoms with Crippen molar-refractivity contribution in [2.75, 3.05) is 13.2 Å². The normalized spacial score (nSPS) is 30.3. The number of ether oxygens (including phenoxy) is 1. The van der Waals surface area contributed by atoms with Crippen LogP contribution in [0.15, 0.2) is 24.3 Å². The summed E-state index contributed by atoms with van der Waals surface area (Å²) in [4.78, 5) is 0. The molecule has 1 unspecified atom stereocenters. The maximum atomic E-state index is 5.96. The molecule has 1 saturated heterocycles. The average molecular weight is 259 g/mol. The Bertz CT molecular complexity index is 429. The molecule has 2 aliphatic rings. The minimum atomic E-state index is 0.268.